The van der Waals surface area contributed by atoms with Crippen LogP contribution < -0.4 is 10.2 Å². The fraction of sp³-hybridized carbons (Fsp3) is 0.529. The third-order valence-corrected chi connectivity index (χ3v) is 5.90. The van der Waals surface area contributed by atoms with Gasteiger partial charge in [-0.3, -0.25) is 4.90 Å². The molecule has 2 fully saturated rings. The van der Waals surface area contributed by atoms with E-state index in [1.165, 1.54) is 23.5 Å². The molecule has 1 aliphatic carbocycles. The average Bonchev–Trinajstić information content (AvgIpc) is 3.35. The van der Waals surface area contributed by atoms with Crippen molar-refractivity contribution in [2.45, 2.75) is 18.8 Å². The van der Waals surface area contributed by atoms with Crippen molar-refractivity contribution in [3.05, 3.63) is 34.3 Å². The van der Waals surface area contributed by atoms with Crippen LogP contribution in [0.15, 0.2) is 24.3 Å². The summed E-state index contributed by atoms with van der Waals surface area (Å²) in [4.78, 5) is 4.90. The lowest BCUT2D eigenvalue weighted by Crippen LogP contribution is -2.47. The smallest absolute Gasteiger partial charge is 0.205 e. The maximum absolute atomic E-state index is 6.09. The molecule has 4 rings (SSSR count). The van der Waals surface area contributed by atoms with Crippen LogP contribution in [-0.2, 0) is 0 Å². The van der Waals surface area contributed by atoms with Crippen molar-refractivity contribution in [3.8, 4) is 0 Å². The van der Waals surface area contributed by atoms with Crippen LogP contribution in [0.4, 0.5) is 10.8 Å². The van der Waals surface area contributed by atoms with Gasteiger partial charge in [0.15, 0.2) is 0 Å². The molecule has 24 heavy (non-hydrogen) atoms. The summed E-state index contributed by atoms with van der Waals surface area (Å²) in [6, 6.07) is 8.13. The Morgan fingerprint density at radius 1 is 1.17 bits per heavy atom. The van der Waals surface area contributed by atoms with Crippen molar-refractivity contribution < 1.29 is 0 Å². The molecule has 7 heteroatoms. The molecule has 1 aliphatic heterocycles. The number of anilines is 2. The average molecular weight is 364 g/mol. The van der Waals surface area contributed by atoms with E-state index in [0.29, 0.717) is 5.92 Å². The highest BCUT2D eigenvalue weighted by atomic mass is 35.5. The molecular formula is C17H22ClN5S. The Morgan fingerprint density at radius 3 is 2.75 bits per heavy atom. The third-order valence-electron chi connectivity index (χ3n) is 4.62. The highest BCUT2D eigenvalue weighted by Crippen LogP contribution is 2.41. The van der Waals surface area contributed by atoms with E-state index in [1.54, 1.807) is 11.3 Å². The van der Waals surface area contributed by atoms with Gasteiger partial charge in [-0.05, 0) is 31.0 Å². The summed E-state index contributed by atoms with van der Waals surface area (Å²) in [5.41, 5.74) is 1.22. The predicted octanol–water partition coefficient (Wildman–Crippen LogP) is 3.30. The van der Waals surface area contributed by atoms with E-state index in [4.69, 9.17) is 11.6 Å². The number of nitrogens with zero attached hydrogens (tertiary/aromatic N) is 4. The van der Waals surface area contributed by atoms with Crippen LogP contribution in [0.3, 0.4) is 0 Å². The number of hydrogen-bond acceptors (Lipinski definition) is 6. The lowest BCUT2D eigenvalue weighted by atomic mass is 10.2. The van der Waals surface area contributed by atoms with E-state index in [-0.39, 0.29) is 0 Å². The maximum atomic E-state index is 6.09. The highest BCUT2D eigenvalue weighted by molar-refractivity contribution is 7.15. The molecule has 2 heterocycles. The Morgan fingerprint density at radius 2 is 2.00 bits per heavy atom. The fourth-order valence-corrected chi connectivity index (χ4v) is 4.15. The Hall–Kier alpha value is -1.37. The summed E-state index contributed by atoms with van der Waals surface area (Å²) < 4.78 is 0. The molecule has 1 aromatic carbocycles. The Balaban J connectivity index is 1.20. The first-order valence-corrected chi connectivity index (χ1v) is 9.77. The number of piperazine rings is 1. The molecule has 1 saturated heterocycles. The fourth-order valence-electron chi connectivity index (χ4n) is 3.02. The summed E-state index contributed by atoms with van der Waals surface area (Å²) in [6.07, 6.45) is 2.57. The van der Waals surface area contributed by atoms with Gasteiger partial charge in [-0.2, -0.15) is 0 Å². The van der Waals surface area contributed by atoms with Gasteiger partial charge in [-0.1, -0.05) is 29.0 Å². The summed E-state index contributed by atoms with van der Waals surface area (Å²) in [7, 11) is 0. The van der Waals surface area contributed by atoms with Gasteiger partial charge in [0, 0.05) is 55.9 Å². The van der Waals surface area contributed by atoms with Gasteiger partial charge in [-0.25, -0.2) is 0 Å². The molecule has 0 radical (unpaired) electrons. The van der Waals surface area contributed by atoms with Crippen molar-refractivity contribution in [2.75, 3.05) is 49.5 Å². The van der Waals surface area contributed by atoms with Crippen molar-refractivity contribution >= 4 is 33.8 Å². The second-order valence-electron chi connectivity index (χ2n) is 6.46. The van der Waals surface area contributed by atoms with E-state index in [2.05, 4.69) is 31.4 Å². The molecule has 1 N–H and O–H groups in total. The van der Waals surface area contributed by atoms with Gasteiger partial charge < -0.3 is 10.2 Å². The summed E-state index contributed by atoms with van der Waals surface area (Å²) in [5.74, 6) is 0.692. The second-order valence-corrected chi connectivity index (χ2v) is 7.90. The zero-order valence-electron chi connectivity index (χ0n) is 13.6. The van der Waals surface area contributed by atoms with Crippen molar-refractivity contribution in [1.29, 1.82) is 0 Å². The second kappa shape index (κ2) is 7.25. The SMILES string of the molecule is Clc1cccc(N2CCN(CCNc3nnc(C4CC4)s3)CC2)c1. The summed E-state index contributed by atoms with van der Waals surface area (Å²) >= 11 is 7.81. The van der Waals surface area contributed by atoms with Gasteiger partial charge >= 0.3 is 0 Å². The summed E-state index contributed by atoms with van der Waals surface area (Å²) in [5, 5.41) is 14.9. The lowest BCUT2D eigenvalue weighted by Gasteiger charge is -2.36. The molecule has 0 atom stereocenters. The zero-order chi connectivity index (χ0) is 16.4. The number of halogens is 1. The largest absolute Gasteiger partial charge is 0.369 e. The predicted molar refractivity (Wildman–Crippen MR) is 100 cm³/mol. The maximum Gasteiger partial charge on any atom is 0.205 e. The minimum atomic E-state index is 0.692. The van der Waals surface area contributed by atoms with Gasteiger partial charge in [0.25, 0.3) is 0 Å². The van der Waals surface area contributed by atoms with Gasteiger partial charge in [0.2, 0.25) is 5.13 Å². The Bertz CT molecular complexity index is 679. The number of rotatable bonds is 6. The van der Waals surface area contributed by atoms with E-state index < -0.39 is 0 Å². The van der Waals surface area contributed by atoms with Crippen LogP contribution in [0.1, 0.15) is 23.8 Å². The normalized spacial score (nSPS) is 18.8. The first-order valence-electron chi connectivity index (χ1n) is 8.58. The molecule has 0 unspecified atom stereocenters. The first kappa shape index (κ1) is 16.1. The molecule has 5 nitrogen and oxygen atoms in total. The molecule has 128 valence electrons. The Labute approximate surface area is 151 Å². The minimum Gasteiger partial charge on any atom is -0.369 e. The van der Waals surface area contributed by atoms with E-state index in [1.807, 2.05) is 18.2 Å². The number of aromatic nitrogens is 2. The van der Waals surface area contributed by atoms with Crippen LogP contribution in [-0.4, -0.2) is 54.4 Å². The molecule has 2 aromatic rings. The van der Waals surface area contributed by atoms with Crippen molar-refractivity contribution in [3.63, 3.8) is 0 Å². The molecule has 0 spiro atoms. The molecular weight excluding hydrogens is 342 g/mol. The van der Waals surface area contributed by atoms with E-state index >= 15 is 0 Å². The monoisotopic (exact) mass is 363 g/mol. The van der Waals surface area contributed by atoms with Crippen LogP contribution in [0.2, 0.25) is 5.02 Å². The van der Waals surface area contributed by atoms with E-state index in [0.717, 1.165) is 49.4 Å². The molecule has 1 aromatic heterocycles. The standard InChI is InChI=1S/C17H22ClN5S/c18-14-2-1-3-15(12-14)23-10-8-22(9-11-23)7-6-19-17-21-20-16(24-17)13-4-5-13/h1-3,12-13H,4-11H2,(H,19,21). The molecule has 1 saturated carbocycles. The van der Waals surface area contributed by atoms with Crippen LogP contribution in [0.25, 0.3) is 0 Å². The lowest BCUT2D eigenvalue weighted by molar-refractivity contribution is 0.267. The first-order chi connectivity index (χ1) is 11.8. The van der Waals surface area contributed by atoms with Crippen molar-refractivity contribution in [2.24, 2.45) is 0 Å². The molecule has 0 amide bonds. The number of hydrogen-bond donors (Lipinski definition) is 1. The van der Waals surface area contributed by atoms with Gasteiger partial charge in [0.1, 0.15) is 5.01 Å². The molecule has 2 aliphatic rings. The molecule has 0 bridgehead atoms. The highest BCUT2D eigenvalue weighted by Gasteiger charge is 2.27. The quantitative estimate of drug-likeness (QED) is 0.853. The minimum absolute atomic E-state index is 0.692. The van der Waals surface area contributed by atoms with Crippen LogP contribution in [0.5, 0.6) is 0 Å². The zero-order valence-corrected chi connectivity index (χ0v) is 15.2. The van der Waals surface area contributed by atoms with E-state index in [9.17, 15) is 0 Å². The van der Waals surface area contributed by atoms with Crippen LogP contribution in [0, 0.1) is 0 Å². The number of nitrogens with one attached hydrogen (secondary N) is 1. The third kappa shape index (κ3) is 3.99. The summed E-state index contributed by atoms with van der Waals surface area (Å²) in [6.45, 7) is 6.23. The topological polar surface area (TPSA) is 44.3 Å². The Kier molecular flexibility index (Phi) is 4.87. The van der Waals surface area contributed by atoms with Gasteiger partial charge in [-0.15, -0.1) is 10.2 Å². The number of benzene rings is 1. The van der Waals surface area contributed by atoms with Gasteiger partial charge in [0.05, 0.1) is 0 Å². The van der Waals surface area contributed by atoms with Crippen LogP contribution >= 0.6 is 22.9 Å². The van der Waals surface area contributed by atoms with Crippen molar-refractivity contribution in [1.82, 2.24) is 15.1 Å².